The lowest BCUT2D eigenvalue weighted by atomic mass is 10.2. The molecule has 2 rings (SSSR count). The molecule has 2 heterocycles. The van der Waals surface area contributed by atoms with Crippen molar-refractivity contribution < 1.29 is 4.79 Å². The molecule has 96 valence electrons. The van der Waals surface area contributed by atoms with E-state index in [1.807, 2.05) is 30.7 Å². The van der Waals surface area contributed by atoms with Crippen LogP contribution in [0.5, 0.6) is 0 Å². The predicted molar refractivity (Wildman–Crippen MR) is 72.3 cm³/mol. The molecule has 0 radical (unpaired) electrons. The molecule has 0 saturated heterocycles. The Morgan fingerprint density at radius 3 is 3.00 bits per heavy atom. The van der Waals surface area contributed by atoms with Crippen LogP contribution < -0.4 is 5.32 Å². The molecule has 0 unspecified atom stereocenters. The number of hydrogen-bond acceptors (Lipinski definition) is 2. The van der Waals surface area contributed by atoms with Gasteiger partial charge < -0.3 is 9.88 Å². The van der Waals surface area contributed by atoms with Crippen LogP contribution in [-0.4, -0.2) is 20.7 Å². The van der Waals surface area contributed by atoms with Gasteiger partial charge in [-0.3, -0.25) is 9.89 Å². The fraction of sp³-hybridized carbons (Fsp3) is 0.333. The summed E-state index contributed by atoms with van der Waals surface area (Å²) in [6.45, 7) is 5.18. The highest BCUT2D eigenvalue weighted by molar-refractivity contribution is 9.10. The Kier molecular flexibility index (Phi) is 3.86. The third-order valence-electron chi connectivity index (χ3n) is 2.81. The zero-order valence-corrected chi connectivity index (χ0v) is 11.9. The number of amides is 1. The minimum absolute atomic E-state index is 0.0804. The fourth-order valence-electron chi connectivity index (χ4n) is 1.75. The molecule has 0 atom stereocenters. The summed E-state index contributed by atoms with van der Waals surface area (Å²) in [5, 5.41) is 9.66. The molecule has 0 bridgehead atoms. The molecule has 2 aromatic heterocycles. The normalized spacial score (nSPS) is 10.6. The third-order valence-corrected chi connectivity index (χ3v) is 3.24. The van der Waals surface area contributed by atoms with E-state index in [0.29, 0.717) is 12.2 Å². The summed E-state index contributed by atoms with van der Waals surface area (Å²) in [7, 11) is 0. The van der Waals surface area contributed by atoms with Gasteiger partial charge >= 0.3 is 0 Å². The first-order valence-corrected chi connectivity index (χ1v) is 6.53. The molecule has 6 heteroatoms. The highest BCUT2D eigenvalue weighted by atomic mass is 79.9. The zero-order valence-electron chi connectivity index (χ0n) is 10.3. The van der Waals surface area contributed by atoms with Gasteiger partial charge in [0.15, 0.2) is 0 Å². The summed E-state index contributed by atoms with van der Waals surface area (Å²) < 4.78 is 2.82. The van der Waals surface area contributed by atoms with Crippen molar-refractivity contribution in [3.8, 4) is 0 Å². The summed E-state index contributed by atoms with van der Waals surface area (Å²) in [6, 6.07) is 1.82. The first-order valence-electron chi connectivity index (χ1n) is 5.74. The van der Waals surface area contributed by atoms with E-state index in [9.17, 15) is 4.79 Å². The van der Waals surface area contributed by atoms with Crippen LogP contribution in [0, 0.1) is 6.92 Å². The van der Waals surface area contributed by atoms with Gasteiger partial charge in [-0.25, -0.2) is 0 Å². The Morgan fingerprint density at radius 2 is 2.39 bits per heavy atom. The first kappa shape index (κ1) is 12.9. The van der Waals surface area contributed by atoms with E-state index in [1.54, 1.807) is 6.20 Å². The van der Waals surface area contributed by atoms with Crippen molar-refractivity contribution in [1.29, 1.82) is 0 Å². The lowest BCUT2D eigenvalue weighted by Crippen LogP contribution is -2.25. The smallest absolute Gasteiger partial charge is 0.268 e. The number of H-pyrrole nitrogens is 1. The van der Waals surface area contributed by atoms with Crippen molar-refractivity contribution in [2.75, 3.05) is 0 Å². The van der Waals surface area contributed by atoms with Crippen LogP contribution in [0.2, 0.25) is 0 Å². The van der Waals surface area contributed by atoms with E-state index in [1.165, 1.54) is 0 Å². The van der Waals surface area contributed by atoms with Crippen molar-refractivity contribution in [3.05, 3.63) is 39.9 Å². The van der Waals surface area contributed by atoms with E-state index < -0.39 is 0 Å². The average Bonchev–Trinajstić information content (AvgIpc) is 2.92. The number of hydrogen-bond donors (Lipinski definition) is 2. The van der Waals surface area contributed by atoms with Gasteiger partial charge in [0.05, 0.1) is 6.20 Å². The van der Waals surface area contributed by atoms with Crippen LogP contribution in [0.4, 0.5) is 0 Å². The van der Waals surface area contributed by atoms with E-state index in [0.717, 1.165) is 22.3 Å². The third kappa shape index (κ3) is 2.64. The SMILES string of the molecule is CCn1cc(Br)cc1C(=O)NCc1cn[nH]c1C. The predicted octanol–water partition coefficient (Wildman–Crippen LogP) is 2.23. The molecule has 5 nitrogen and oxygen atoms in total. The maximum absolute atomic E-state index is 12.1. The van der Waals surface area contributed by atoms with Crippen molar-refractivity contribution in [3.63, 3.8) is 0 Å². The lowest BCUT2D eigenvalue weighted by molar-refractivity contribution is 0.0941. The van der Waals surface area contributed by atoms with Gasteiger partial charge in [0.2, 0.25) is 0 Å². The molecule has 1 amide bonds. The second-order valence-corrected chi connectivity index (χ2v) is 4.95. The van der Waals surface area contributed by atoms with Crippen LogP contribution in [0.25, 0.3) is 0 Å². The number of carbonyl (C=O) groups is 1. The lowest BCUT2D eigenvalue weighted by Gasteiger charge is -2.07. The van der Waals surface area contributed by atoms with Gasteiger partial charge in [0.25, 0.3) is 5.91 Å². The van der Waals surface area contributed by atoms with E-state index >= 15 is 0 Å². The Morgan fingerprint density at radius 1 is 1.61 bits per heavy atom. The molecule has 0 spiro atoms. The van der Waals surface area contributed by atoms with E-state index in [4.69, 9.17) is 0 Å². The molecule has 0 aliphatic carbocycles. The molecule has 2 N–H and O–H groups in total. The maximum atomic E-state index is 12.1. The highest BCUT2D eigenvalue weighted by Gasteiger charge is 2.12. The fourth-order valence-corrected chi connectivity index (χ4v) is 2.21. The number of aromatic nitrogens is 3. The van der Waals surface area contributed by atoms with Crippen molar-refractivity contribution in [2.45, 2.75) is 26.9 Å². The summed E-state index contributed by atoms with van der Waals surface area (Å²) in [4.78, 5) is 12.1. The van der Waals surface area contributed by atoms with Gasteiger partial charge in [-0.05, 0) is 35.8 Å². The summed E-state index contributed by atoms with van der Waals surface area (Å²) in [5.41, 5.74) is 2.63. The van der Waals surface area contributed by atoms with E-state index in [-0.39, 0.29) is 5.91 Å². The number of aryl methyl sites for hydroxylation is 2. The summed E-state index contributed by atoms with van der Waals surface area (Å²) in [6.07, 6.45) is 3.63. The minimum atomic E-state index is -0.0804. The second kappa shape index (κ2) is 5.39. The molecule has 18 heavy (non-hydrogen) atoms. The highest BCUT2D eigenvalue weighted by Crippen LogP contribution is 2.15. The largest absolute Gasteiger partial charge is 0.347 e. The minimum Gasteiger partial charge on any atom is -0.347 e. The van der Waals surface area contributed by atoms with Gasteiger partial charge in [-0.15, -0.1) is 0 Å². The van der Waals surface area contributed by atoms with Crippen molar-refractivity contribution >= 4 is 21.8 Å². The Bertz CT molecular complexity index is 558. The van der Waals surface area contributed by atoms with Crippen molar-refractivity contribution in [2.24, 2.45) is 0 Å². The van der Waals surface area contributed by atoms with Gasteiger partial charge in [0.1, 0.15) is 5.69 Å². The maximum Gasteiger partial charge on any atom is 0.268 e. The average molecular weight is 311 g/mol. The number of halogens is 1. The second-order valence-electron chi connectivity index (χ2n) is 4.03. The van der Waals surface area contributed by atoms with Crippen LogP contribution in [0.1, 0.15) is 28.7 Å². The monoisotopic (exact) mass is 310 g/mol. The topological polar surface area (TPSA) is 62.7 Å². The molecule has 0 aromatic carbocycles. The first-order chi connectivity index (χ1) is 8.61. The Labute approximate surface area is 114 Å². The molecule has 0 fully saturated rings. The molecule has 0 aliphatic heterocycles. The van der Waals surface area contributed by atoms with Crippen LogP contribution in [0.15, 0.2) is 22.9 Å². The number of carbonyl (C=O) groups excluding carboxylic acids is 1. The van der Waals surface area contributed by atoms with Gasteiger partial charge in [-0.2, -0.15) is 5.10 Å². The molecule has 0 aliphatic rings. The quantitative estimate of drug-likeness (QED) is 0.909. The molecule has 0 saturated carbocycles. The number of rotatable bonds is 4. The Balaban J connectivity index is 2.06. The number of nitrogens with one attached hydrogen (secondary N) is 2. The van der Waals surface area contributed by atoms with Gasteiger partial charge in [0, 0.05) is 35.0 Å². The standard InChI is InChI=1S/C12H15BrN4O/c1-3-17-7-10(13)4-11(17)12(18)14-5-9-6-15-16-8(9)2/h4,6-7H,3,5H2,1-2H3,(H,14,18)(H,15,16). The molecule has 2 aromatic rings. The zero-order chi connectivity index (χ0) is 13.1. The van der Waals surface area contributed by atoms with E-state index in [2.05, 4.69) is 31.4 Å². The number of nitrogens with zero attached hydrogens (tertiary/aromatic N) is 2. The van der Waals surface area contributed by atoms with Crippen molar-refractivity contribution in [1.82, 2.24) is 20.1 Å². The summed E-state index contributed by atoms with van der Waals surface area (Å²) in [5.74, 6) is -0.0804. The molecular weight excluding hydrogens is 296 g/mol. The van der Waals surface area contributed by atoms with Crippen LogP contribution in [0.3, 0.4) is 0 Å². The van der Waals surface area contributed by atoms with Crippen LogP contribution >= 0.6 is 15.9 Å². The molecular formula is C12H15BrN4O. The van der Waals surface area contributed by atoms with Gasteiger partial charge in [-0.1, -0.05) is 0 Å². The summed E-state index contributed by atoms with van der Waals surface area (Å²) >= 11 is 3.38. The number of aromatic amines is 1. The Hall–Kier alpha value is -1.56. The van der Waals surface area contributed by atoms with Crippen LogP contribution in [-0.2, 0) is 13.1 Å².